The summed E-state index contributed by atoms with van der Waals surface area (Å²) in [6.45, 7) is 0.0130. The van der Waals surface area contributed by atoms with Crippen molar-refractivity contribution in [1.29, 1.82) is 0 Å². The molecular weight excluding hydrogens is 478 g/mol. The van der Waals surface area contributed by atoms with Crippen molar-refractivity contribution in [2.24, 2.45) is 5.92 Å². The van der Waals surface area contributed by atoms with E-state index in [0.717, 1.165) is 5.56 Å². The summed E-state index contributed by atoms with van der Waals surface area (Å²) in [5.41, 5.74) is 0.788. The van der Waals surface area contributed by atoms with E-state index < -0.39 is 44.9 Å². The summed E-state index contributed by atoms with van der Waals surface area (Å²) < 4.78 is 22.2. The predicted molar refractivity (Wildman–Crippen MR) is 126 cm³/mol. The van der Waals surface area contributed by atoms with Gasteiger partial charge in [-0.15, -0.1) is 11.6 Å². The first-order valence-corrected chi connectivity index (χ1v) is 12.3. The number of alkyl halides is 1. The number of ether oxygens (including phenoxy) is 2. The quantitative estimate of drug-likeness (QED) is 0.239. The number of allylic oxidation sites excluding steroid dienone is 1. The Balaban J connectivity index is 1.59. The van der Waals surface area contributed by atoms with Crippen molar-refractivity contribution in [2.75, 3.05) is 7.11 Å². The summed E-state index contributed by atoms with van der Waals surface area (Å²) in [5, 5.41) is 0. The van der Waals surface area contributed by atoms with Gasteiger partial charge in [-0.05, 0) is 24.1 Å². The SMILES string of the molecule is COC(=O)C=CCC1C(=O)N2C1CC(Cl)(S(=O)c1ccccc1)[C@@H]2C(=O)OCc1ccccc1. The first kappa shape index (κ1) is 24.2. The van der Waals surface area contributed by atoms with E-state index in [1.165, 1.54) is 18.1 Å². The zero-order chi connectivity index (χ0) is 24.3. The van der Waals surface area contributed by atoms with Gasteiger partial charge in [-0.25, -0.2) is 9.59 Å². The maximum Gasteiger partial charge on any atom is 0.332 e. The molecule has 0 bridgehead atoms. The van der Waals surface area contributed by atoms with Gasteiger partial charge in [0.2, 0.25) is 5.91 Å². The largest absolute Gasteiger partial charge is 0.466 e. The first-order valence-electron chi connectivity index (χ1n) is 10.8. The van der Waals surface area contributed by atoms with Crippen LogP contribution >= 0.6 is 11.6 Å². The van der Waals surface area contributed by atoms with Crippen LogP contribution in [0, 0.1) is 5.92 Å². The zero-order valence-corrected chi connectivity index (χ0v) is 20.0. The van der Waals surface area contributed by atoms with Crippen LogP contribution in [0.5, 0.6) is 0 Å². The maximum absolute atomic E-state index is 13.6. The molecule has 2 aromatic rings. The van der Waals surface area contributed by atoms with Crippen LogP contribution in [-0.2, 0) is 41.3 Å². The van der Waals surface area contributed by atoms with E-state index in [1.807, 2.05) is 30.3 Å². The Hall–Kier alpha value is -2.97. The fourth-order valence-corrected chi connectivity index (χ4v) is 6.60. The number of benzene rings is 2. The average Bonchev–Trinajstić information content (AvgIpc) is 3.16. The summed E-state index contributed by atoms with van der Waals surface area (Å²) in [4.78, 5) is 39.5. The Bertz CT molecular complexity index is 1120. The molecule has 2 fully saturated rings. The zero-order valence-electron chi connectivity index (χ0n) is 18.5. The van der Waals surface area contributed by atoms with Crippen LogP contribution in [0.15, 0.2) is 77.7 Å². The number of rotatable bonds is 8. The number of esters is 2. The molecule has 2 heterocycles. The monoisotopic (exact) mass is 501 g/mol. The third kappa shape index (κ3) is 4.52. The summed E-state index contributed by atoms with van der Waals surface area (Å²) in [6.07, 6.45) is 3.26. The molecule has 2 aliphatic rings. The standard InChI is InChI=1S/C25H24ClNO6S/c1-32-21(28)14-8-13-19-20-15-25(26,34(31)18-11-6-3-7-12-18)22(27(20)23(19)29)24(30)33-16-17-9-4-2-5-10-17/h2-12,14,19-20,22H,13,15-16H2,1H3/t19?,20?,22-,25?,34?/m0/s1. The maximum atomic E-state index is 13.6. The number of β-lactam (4-membered cyclic amide) rings is 1. The Morgan fingerprint density at radius 2 is 1.79 bits per heavy atom. The van der Waals surface area contributed by atoms with Gasteiger partial charge in [0.05, 0.1) is 23.8 Å². The highest BCUT2D eigenvalue weighted by Crippen LogP contribution is 2.52. The van der Waals surface area contributed by atoms with Gasteiger partial charge in [0.15, 0.2) is 10.2 Å². The lowest BCUT2D eigenvalue weighted by molar-refractivity contribution is -0.167. The lowest BCUT2D eigenvalue weighted by Crippen LogP contribution is -2.63. The van der Waals surface area contributed by atoms with Crippen molar-refractivity contribution in [2.45, 2.75) is 40.6 Å². The Labute approximate surface area is 205 Å². The smallest absolute Gasteiger partial charge is 0.332 e. The van der Waals surface area contributed by atoms with Gasteiger partial charge in [0.1, 0.15) is 6.61 Å². The fraction of sp³-hybridized carbons (Fsp3) is 0.320. The molecule has 2 saturated heterocycles. The Kier molecular flexibility index (Phi) is 7.19. The average molecular weight is 502 g/mol. The number of hydrogen-bond donors (Lipinski definition) is 0. The molecule has 0 aromatic heterocycles. The lowest BCUT2D eigenvalue weighted by Gasteiger charge is -2.44. The third-order valence-corrected chi connectivity index (χ3v) is 8.61. The highest BCUT2D eigenvalue weighted by molar-refractivity contribution is 7.88. The molecule has 2 aromatic carbocycles. The molecule has 5 atom stereocenters. The lowest BCUT2D eigenvalue weighted by atomic mass is 9.85. The minimum absolute atomic E-state index is 0.0130. The van der Waals surface area contributed by atoms with Crippen molar-refractivity contribution >= 4 is 40.2 Å². The van der Waals surface area contributed by atoms with Gasteiger partial charge < -0.3 is 14.4 Å². The minimum atomic E-state index is -1.79. The van der Waals surface area contributed by atoms with Crippen molar-refractivity contribution in [3.63, 3.8) is 0 Å². The van der Waals surface area contributed by atoms with Crippen LogP contribution in [0.25, 0.3) is 0 Å². The number of amides is 1. The summed E-state index contributed by atoms with van der Waals surface area (Å²) in [7, 11) is -0.520. The van der Waals surface area contributed by atoms with E-state index >= 15 is 0 Å². The highest BCUT2D eigenvalue weighted by atomic mass is 35.5. The van der Waals surface area contributed by atoms with Crippen LogP contribution < -0.4 is 0 Å². The van der Waals surface area contributed by atoms with Crippen LogP contribution in [0.1, 0.15) is 18.4 Å². The molecule has 34 heavy (non-hydrogen) atoms. The molecule has 0 N–H and O–H groups in total. The molecule has 0 saturated carbocycles. The topological polar surface area (TPSA) is 90.0 Å². The van der Waals surface area contributed by atoms with Crippen molar-refractivity contribution < 1.29 is 28.1 Å². The van der Waals surface area contributed by atoms with Crippen molar-refractivity contribution in [1.82, 2.24) is 4.90 Å². The van der Waals surface area contributed by atoms with E-state index in [0.29, 0.717) is 4.90 Å². The normalized spacial score (nSPS) is 26.6. The van der Waals surface area contributed by atoms with Crippen molar-refractivity contribution in [3.8, 4) is 0 Å². The third-order valence-electron chi connectivity index (χ3n) is 6.13. The number of halogens is 1. The minimum Gasteiger partial charge on any atom is -0.466 e. The number of fused-ring (bicyclic) bond motifs is 1. The number of hydrogen-bond acceptors (Lipinski definition) is 6. The van der Waals surface area contributed by atoms with Gasteiger partial charge in [-0.3, -0.25) is 9.00 Å². The molecule has 7 nitrogen and oxygen atoms in total. The van der Waals surface area contributed by atoms with Crippen LogP contribution in [0.3, 0.4) is 0 Å². The van der Waals surface area contributed by atoms with E-state index in [1.54, 1.807) is 36.4 Å². The fourth-order valence-electron chi connectivity index (χ4n) is 4.45. The van der Waals surface area contributed by atoms with Gasteiger partial charge in [-0.2, -0.15) is 0 Å². The molecule has 9 heteroatoms. The van der Waals surface area contributed by atoms with Crippen molar-refractivity contribution in [3.05, 3.63) is 78.4 Å². The molecule has 4 rings (SSSR count). The van der Waals surface area contributed by atoms with E-state index in [4.69, 9.17) is 16.3 Å². The molecule has 178 valence electrons. The summed E-state index contributed by atoms with van der Waals surface area (Å²) in [6, 6.07) is 16.2. The first-order chi connectivity index (χ1) is 16.4. The predicted octanol–water partition coefficient (Wildman–Crippen LogP) is 3.19. The molecule has 1 amide bonds. The summed E-state index contributed by atoms with van der Waals surface area (Å²) >= 11 is 6.98. The van der Waals surface area contributed by atoms with Crippen LogP contribution in [-0.4, -0.2) is 50.4 Å². The van der Waals surface area contributed by atoms with Gasteiger partial charge in [0.25, 0.3) is 0 Å². The van der Waals surface area contributed by atoms with E-state index in [9.17, 15) is 18.6 Å². The second-order valence-corrected chi connectivity index (χ2v) is 10.8. The van der Waals surface area contributed by atoms with Crippen LogP contribution in [0.4, 0.5) is 0 Å². The summed E-state index contributed by atoms with van der Waals surface area (Å²) in [5.74, 6) is -1.97. The second kappa shape index (κ2) is 10.1. The number of carbonyl (C=O) groups excluding carboxylic acids is 3. The Morgan fingerprint density at radius 3 is 2.44 bits per heavy atom. The molecule has 2 aliphatic heterocycles. The highest BCUT2D eigenvalue weighted by Gasteiger charge is 2.68. The van der Waals surface area contributed by atoms with Gasteiger partial charge in [-0.1, -0.05) is 54.6 Å². The number of carbonyl (C=O) groups is 3. The van der Waals surface area contributed by atoms with Gasteiger partial charge in [0, 0.05) is 23.4 Å². The van der Waals surface area contributed by atoms with E-state index in [2.05, 4.69) is 4.74 Å². The number of nitrogens with zero attached hydrogens (tertiary/aromatic N) is 1. The second-order valence-electron chi connectivity index (χ2n) is 8.15. The molecule has 0 aliphatic carbocycles. The molecule has 0 radical (unpaired) electrons. The number of methoxy groups -OCH3 is 1. The van der Waals surface area contributed by atoms with E-state index in [-0.39, 0.29) is 25.4 Å². The molecular formula is C25H24ClNO6S. The molecule has 4 unspecified atom stereocenters. The molecule has 0 spiro atoms. The van der Waals surface area contributed by atoms with Gasteiger partial charge >= 0.3 is 11.9 Å². The van der Waals surface area contributed by atoms with Crippen LogP contribution in [0.2, 0.25) is 0 Å². The Morgan fingerprint density at radius 1 is 1.15 bits per heavy atom.